The fourth-order valence-corrected chi connectivity index (χ4v) is 2.98. The van der Waals surface area contributed by atoms with Crippen LogP contribution in [0.4, 0.5) is 5.69 Å². The highest BCUT2D eigenvalue weighted by Gasteiger charge is 2.09. The first-order valence-electron chi connectivity index (χ1n) is 6.94. The third kappa shape index (κ3) is 4.59. The molecule has 2 aromatic rings. The molecule has 0 saturated carbocycles. The van der Waals surface area contributed by atoms with Crippen LogP contribution in [0.3, 0.4) is 0 Å². The molecule has 2 nitrogen and oxygen atoms in total. The van der Waals surface area contributed by atoms with Crippen LogP contribution in [0.25, 0.3) is 0 Å². The minimum Gasteiger partial charge on any atom is -0.387 e. The first kappa shape index (κ1) is 16.6. The number of hydrogen-bond donors (Lipinski definition) is 2. The molecular formula is C17H19ClINO. The fraction of sp³-hybridized carbons (Fsp3) is 0.294. The van der Waals surface area contributed by atoms with E-state index < -0.39 is 6.10 Å². The van der Waals surface area contributed by atoms with Gasteiger partial charge < -0.3 is 10.4 Å². The Balaban J connectivity index is 1.99. The van der Waals surface area contributed by atoms with Crippen LogP contribution in [0.2, 0.25) is 5.02 Å². The molecule has 0 heterocycles. The van der Waals surface area contributed by atoms with E-state index in [1.165, 1.54) is 5.56 Å². The number of aliphatic hydroxyl groups excluding tert-OH is 1. The number of aliphatic hydroxyl groups is 1. The van der Waals surface area contributed by atoms with Gasteiger partial charge in [-0.3, -0.25) is 0 Å². The van der Waals surface area contributed by atoms with Gasteiger partial charge in [0, 0.05) is 10.1 Å². The van der Waals surface area contributed by atoms with Crippen LogP contribution in [-0.2, 0) is 0 Å². The van der Waals surface area contributed by atoms with Gasteiger partial charge in [-0.2, -0.15) is 0 Å². The third-order valence-electron chi connectivity index (χ3n) is 3.40. The highest BCUT2D eigenvalue weighted by atomic mass is 127. The van der Waals surface area contributed by atoms with Crippen molar-refractivity contribution in [1.82, 2.24) is 0 Å². The second-order valence-electron chi connectivity index (χ2n) is 5.34. The lowest BCUT2D eigenvalue weighted by molar-refractivity contribution is 0.191. The zero-order valence-electron chi connectivity index (χ0n) is 12.1. The number of anilines is 1. The summed E-state index contributed by atoms with van der Waals surface area (Å²) in [6.07, 6.45) is -0.554. The molecule has 0 radical (unpaired) electrons. The average Bonchev–Trinajstić information content (AvgIpc) is 2.46. The Hall–Kier alpha value is -0.780. The molecule has 0 aromatic heterocycles. The first-order chi connectivity index (χ1) is 9.97. The molecular weight excluding hydrogens is 397 g/mol. The van der Waals surface area contributed by atoms with Gasteiger partial charge in [-0.15, -0.1) is 0 Å². The van der Waals surface area contributed by atoms with Crippen molar-refractivity contribution in [3.8, 4) is 0 Å². The third-order valence-corrected chi connectivity index (χ3v) is 4.39. The van der Waals surface area contributed by atoms with Crippen LogP contribution in [0.5, 0.6) is 0 Å². The highest BCUT2D eigenvalue weighted by molar-refractivity contribution is 14.1. The maximum atomic E-state index is 10.2. The van der Waals surface area contributed by atoms with Gasteiger partial charge in [-0.1, -0.05) is 49.7 Å². The van der Waals surface area contributed by atoms with Crippen molar-refractivity contribution in [2.75, 3.05) is 11.9 Å². The Morgan fingerprint density at radius 3 is 2.29 bits per heavy atom. The van der Waals surface area contributed by atoms with E-state index >= 15 is 0 Å². The van der Waals surface area contributed by atoms with Gasteiger partial charge in [0.15, 0.2) is 0 Å². The van der Waals surface area contributed by atoms with E-state index in [1.807, 2.05) is 30.3 Å². The van der Waals surface area contributed by atoms with Gasteiger partial charge in [0.2, 0.25) is 0 Å². The SMILES string of the molecule is CC(C)c1ccc(C(O)CNc2ccc(I)cc2Cl)cc1. The molecule has 2 aromatic carbocycles. The quantitative estimate of drug-likeness (QED) is 0.657. The molecule has 2 N–H and O–H groups in total. The van der Waals surface area contributed by atoms with Crippen molar-refractivity contribution in [3.05, 3.63) is 62.2 Å². The summed E-state index contributed by atoms with van der Waals surface area (Å²) in [7, 11) is 0. The molecule has 0 bridgehead atoms. The number of rotatable bonds is 5. The smallest absolute Gasteiger partial charge is 0.0962 e. The van der Waals surface area contributed by atoms with Crippen LogP contribution in [0, 0.1) is 3.57 Å². The van der Waals surface area contributed by atoms with Gasteiger partial charge in [0.25, 0.3) is 0 Å². The first-order valence-corrected chi connectivity index (χ1v) is 8.40. The maximum Gasteiger partial charge on any atom is 0.0962 e. The summed E-state index contributed by atoms with van der Waals surface area (Å²) in [6, 6.07) is 13.9. The Morgan fingerprint density at radius 2 is 1.71 bits per heavy atom. The molecule has 4 heteroatoms. The number of benzene rings is 2. The van der Waals surface area contributed by atoms with Crippen molar-refractivity contribution in [1.29, 1.82) is 0 Å². The number of hydrogen-bond acceptors (Lipinski definition) is 2. The Labute approximate surface area is 144 Å². The molecule has 0 fully saturated rings. The van der Waals surface area contributed by atoms with Crippen LogP contribution < -0.4 is 5.32 Å². The van der Waals surface area contributed by atoms with Gasteiger partial charge in [0.1, 0.15) is 0 Å². The van der Waals surface area contributed by atoms with Crippen LogP contribution in [0.15, 0.2) is 42.5 Å². The van der Waals surface area contributed by atoms with Crippen molar-refractivity contribution >= 4 is 39.9 Å². The summed E-state index contributed by atoms with van der Waals surface area (Å²) >= 11 is 8.39. The molecule has 2 rings (SSSR count). The van der Waals surface area contributed by atoms with Crippen molar-refractivity contribution < 1.29 is 5.11 Å². The molecule has 0 amide bonds. The minimum atomic E-state index is -0.554. The van der Waals surface area contributed by atoms with Crippen LogP contribution in [0.1, 0.15) is 37.0 Å². The van der Waals surface area contributed by atoms with E-state index in [0.29, 0.717) is 17.5 Å². The molecule has 0 aliphatic rings. The molecule has 21 heavy (non-hydrogen) atoms. The predicted molar refractivity (Wildman–Crippen MR) is 98.1 cm³/mol. The largest absolute Gasteiger partial charge is 0.387 e. The van der Waals surface area contributed by atoms with E-state index in [1.54, 1.807) is 0 Å². The predicted octanol–water partition coefficient (Wildman–Crippen LogP) is 5.21. The Morgan fingerprint density at radius 1 is 1.10 bits per heavy atom. The monoisotopic (exact) mass is 415 g/mol. The summed E-state index contributed by atoms with van der Waals surface area (Å²) in [4.78, 5) is 0. The van der Waals surface area contributed by atoms with Gasteiger partial charge in [0.05, 0.1) is 16.8 Å². The normalized spacial score (nSPS) is 12.5. The summed E-state index contributed by atoms with van der Waals surface area (Å²) in [5.41, 5.74) is 3.03. The zero-order chi connectivity index (χ0) is 15.4. The Kier molecular flexibility index (Phi) is 5.90. The lowest BCUT2D eigenvalue weighted by atomic mass is 10.00. The molecule has 0 spiro atoms. The molecule has 112 valence electrons. The lowest BCUT2D eigenvalue weighted by Crippen LogP contribution is -2.12. The molecule has 1 atom stereocenters. The highest BCUT2D eigenvalue weighted by Crippen LogP contribution is 2.25. The van der Waals surface area contributed by atoms with E-state index in [4.69, 9.17) is 11.6 Å². The summed E-state index contributed by atoms with van der Waals surface area (Å²) < 4.78 is 1.09. The minimum absolute atomic E-state index is 0.432. The number of nitrogens with one attached hydrogen (secondary N) is 1. The Bertz CT molecular complexity index is 598. The zero-order valence-corrected chi connectivity index (χ0v) is 15.0. The topological polar surface area (TPSA) is 32.3 Å². The summed E-state index contributed by atoms with van der Waals surface area (Å²) in [5, 5.41) is 14.1. The second kappa shape index (κ2) is 7.47. The standard InChI is InChI=1S/C17H19ClINO/c1-11(2)12-3-5-13(6-4-12)17(21)10-20-16-8-7-14(19)9-15(16)18/h3-9,11,17,20-21H,10H2,1-2H3. The molecule has 0 aliphatic carbocycles. The lowest BCUT2D eigenvalue weighted by Gasteiger charge is -2.15. The van der Waals surface area contributed by atoms with Gasteiger partial charge >= 0.3 is 0 Å². The van der Waals surface area contributed by atoms with Crippen LogP contribution >= 0.6 is 34.2 Å². The van der Waals surface area contributed by atoms with Crippen LogP contribution in [-0.4, -0.2) is 11.7 Å². The van der Waals surface area contributed by atoms with Crippen molar-refractivity contribution in [2.45, 2.75) is 25.9 Å². The van der Waals surface area contributed by atoms with Crippen molar-refractivity contribution in [2.24, 2.45) is 0 Å². The van der Waals surface area contributed by atoms with E-state index in [-0.39, 0.29) is 0 Å². The molecule has 0 aliphatic heterocycles. The van der Waals surface area contributed by atoms with E-state index in [9.17, 15) is 5.11 Å². The molecule has 0 saturated heterocycles. The van der Waals surface area contributed by atoms with Crippen molar-refractivity contribution in [3.63, 3.8) is 0 Å². The van der Waals surface area contributed by atoms with Gasteiger partial charge in [-0.25, -0.2) is 0 Å². The molecule has 1 unspecified atom stereocenters. The van der Waals surface area contributed by atoms with Gasteiger partial charge in [-0.05, 0) is 57.8 Å². The fourth-order valence-electron chi connectivity index (χ4n) is 2.06. The van der Waals surface area contributed by atoms with E-state index in [2.05, 4.69) is 53.9 Å². The average molecular weight is 416 g/mol. The van der Waals surface area contributed by atoms with E-state index in [0.717, 1.165) is 14.8 Å². The summed E-state index contributed by atoms with van der Waals surface area (Å²) in [6.45, 7) is 4.75. The maximum absolute atomic E-state index is 10.2. The second-order valence-corrected chi connectivity index (χ2v) is 7.00. The number of halogens is 2. The summed E-state index contributed by atoms with van der Waals surface area (Å²) in [5.74, 6) is 0.500.